The first-order valence-electron chi connectivity index (χ1n) is 6.94. The molecule has 1 unspecified atom stereocenters. The van der Waals surface area contributed by atoms with Crippen molar-refractivity contribution in [1.29, 1.82) is 0 Å². The highest BCUT2D eigenvalue weighted by molar-refractivity contribution is 7.99. The van der Waals surface area contributed by atoms with E-state index in [0.717, 1.165) is 11.7 Å². The van der Waals surface area contributed by atoms with E-state index in [1.54, 1.807) is 0 Å². The highest BCUT2D eigenvalue weighted by Crippen LogP contribution is 2.23. The standard InChI is InChI=1S/C17H23NS/c1-13(2)11-19-12-17(18-3)16-9-8-14-6-4-5-7-15(14)10-16/h4-10,13,17-18H,11-12H2,1-3H3. The topological polar surface area (TPSA) is 12.0 Å². The van der Waals surface area contributed by atoms with E-state index < -0.39 is 0 Å². The van der Waals surface area contributed by atoms with Crippen molar-refractivity contribution < 1.29 is 0 Å². The van der Waals surface area contributed by atoms with E-state index in [2.05, 4.69) is 68.7 Å². The molecule has 0 heterocycles. The van der Waals surface area contributed by atoms with Crippen molar-refractivity contribution in [1.82, 2.24) is 5.32 Å². The van der Waals surface area contributed by atoms with Gasteiger partial charge in [-0.1, -0.05) is 50.2 Å². The highest BCUT2D eigenvalue weighted by Gasteiger charge is 2.10. The van der Waals surface area contributed by atoms with Gasteiger partial charge in [0, 0.05) is 11.8 Å². The van der Waals surface area contributed by atoms with Gasteiger partial charge in [-0.15, -0.1) is 0 Å². The minimum atomic E-state index is 0.438. The molecule has 19 heavy (non-hydrogen) atoms. The third kappa shape index (κ3) is 3.99. The summed E-state index contributed by atoms with van der Waals surface area (Å²) in [6.45, 7) is 4.55. The number of hydrogen-bond donors (Lipinski definition) is 1. The lowest BCUT2D eigenvalue weighted by atomic mass is 10.0. The molecule has 1 nitrogen and oxygen atoms in total. The Hall–Kier alpha value is -0.990. The molecule has 2 rings (SSSR count). The third-order valence-electron chi connectivity index (χ3n) is 3.26. The van der Waals surface area contributed by atoms with Gasteiger partial charge in [-0.25, -0.2) is 0 Å². The molecule has 0 radical (unpaired) electrons. The maximum absolute atomic E-state index is 3.44. The Morgan fingerprint density at radius 2 is 1.74 bits per heavy atom. The van der Waals surface area contributed by atoms with Crippen LogP contribution in [0.2, 0.25) is 0 Å². The van der Waals surface area contributed by atoms with Gasteiger partial charge in [-0.3, -0.25) is 0 Å². The molecule has 0 saturated carbocycles. The summed E-state index contributed by atoms with van der Waals surface area (Å²) in [5.74, 6) is 3.12. The highest BCUT2D eigenvalue weighted by atomic mass is 32.2. The summed E-state index contributed by atoms with van der Waals surface area (Å²) in [5, 5.41) is 6.08. The Kier molecular flexibility index (Phi) is 5.29. The summed E-state index contributed by atoms with van der Waals surface area (Å²) in [6.07, 6.45) is 0. The molecule has 1 atom stereocenters. The summed E-state index contributed by atoms with van der Waals surface area (Å²) in [4.78, 5) is 0. The molecule has 0 aliphatic rings. The van der Waals surface area contributed by atoms with Crippen molar-refractivity contribution in [2.75, 3.05) is 18.6 Å². The van der Waals surface area contributed by atoms with Crippen molar-refractivity contribution >= 4 is 22.5 Å². The van der Waals surface area contributed by atoms with E-state index in [1.807, 2.05) is 11.8 Å². The van der Waals surface area contributed by atoms with Crippen LogP contribution in [0.1, 0.15) is 25.5 Å². The van der Waals surface area contributed by atoms with Crippen LogP contribution in [0.25, 0.3) is 10.8 Å². The second kappa shape index (κ2) is 6.97. The molecule has 0 amide bonds. The lowest BCUT2D eigenvalue weighted by Crippen LogP contribution is -2.19. The summed E-state index contributed by atoms with van der Waals surface area (Å²) in [6, 6.07) is 15.8. The Morgan fingerprint density at radius 3 is 2.42 bits per heavy atom. The predicted molar refractivity (Wildman–Crippen MR) is 87.9 cm³/mol. The van der Waals surface area contributed by atoms with Gasteiger partial charge in [0.25, 0.3) is 0 Å². The number of thioether (sulfide) groups is 1. The largest absolute Gasteiger partial charge is 0.312 e. The molecule has 0 bridgehead atoms. The lowest BCUT2D eigenvalue weighted by Gasteiger charge is -2.17. The fourth-order valence-electron chi connectivity index (χ4n) is 2.19. The van der Waals surface area contributed by atoms with Gasteiger partial charge < -0.3 is 5.32 Å². The van der Waals surface area contributed by atoms with Crippen molar-refractivity contribution in [3.05, 3.63) is 48.0 Å². The number of benzene rings is 2. The Balaban J connectivity index is 2.11. The summed E-state index contributed by atoms with van der Waals surface area (Å²) in [5.41, 5.74) is 1.39. The summed E-state index contributed by atoms with van der Waals surface area (Å²) < 4.78 is 0. The van der Waals surface area contributed by atoms with Gasteiger partial charge in [-0.05, 0) is 41.1 Å². The van der Waals surface area contributed by atoms with Gasteiger partial charge in [0.2, 0.25) is 0 Å². The molecule has 102 valence electrons. The molecule has 0 aliphatic heterocycles. The van der Waals surface area contributed by atoms with E-state index in [1.165, 1.54) is 22.1 Å². The van der Waals surface area contributed by atoms with E-state index in [4.69, 9.17) is 0 Å². The van der Waals surface area contributed by atoms with E-state index in [-0.39, 0.29) is 0 Å². The van der Waals surface area contributed by atoms with E-state index in [0.29, 0.717) is 6.04 Å². The SMILES string of the molecule is CNC(CSCC(C)C)c1ccc2ccccc2c1. The monoisotopic (exact) mass is 273 g/mol. The first-order chi connectivity index (χ1) is 9.20. The smallest absolute Gasteiger partial charge is 0.0409 e. The first-order valence-corrected chi connectivity index (χ1v) is 8.10. The van der Waals surface area contributed by atoms with Crippen LogP contribution < -0.4 is 5.32 Å². The van der Waals surface area contributed by atoms with Crippen molar-refractivity contribution in [2.45, 2.75) is 19.9 Å². The van der Waals surface area contributed by atoms with Crippen molar-refractivity contribution in [3.8, 4) is 0 Å². The fourth-order valence-corrected chi connectivity index (χ4v) is 3.39. The second-order valence-corrected chi connectivity index (χ2v) is 6.45. The average molecular weight is 273 g/mol. The van der Waals surface area contributed by atoms with Crippen LogP contribution in [0, 0.1) is 5.92 Å². The molecule has 2 aromatic carbocycles. The first kappa shape index (κ1) is 14.4. The second-order valence-electron chi connectivity index (χ2n) is 5.38. The Morgan fingerprint density at radius 1 is 1.00 bits per heavy atom. The van der Waals surface area contributed by atoms with Crippen LogP contribution in [0.3, 0.4) is 0 Å². The molecule has 2 heteroatoms. The average Bonchev–Trinajstić information content (AvgIpc) is 2.43. The summed E-state index contributed by atoms with van der Waals surface area (Å²) >= 11 is 2.03. The molecular formula is C17H23NS. The molecule has 0 saturated heterocycles. The molecule has 0 aromatic heterocycles. The molecule has 1 N–H and O–H groups in total. The zero-order valence-electron chi connectivity index (χ0n) is 12.0. The molecule has 0 aliphatic carbocycles. The van der Waals surface area contributed by atoms with Crippen molar-refractivity contribution in [3.63, 3.8) is 0 Å². The predicted octanol–water partition coefficient (Wildman–Crippen LogP) is 4.49. The zero-order valence-corrected chi connectivity index (χ0v) is 12.8. The molecule has 2 aromatic rings. The van der Waals surface area contributed by atoms with Crippen LogP contribution >= 0.6 is 11.8 Å². The number of nitrogens with one attached hydrogen (secondary N) is 1. The maximum Gasteiger partial charge on any atom is 0.0409 e. The van der Waals surface area contributed by atoms with Gasteiger partial charge in [-0.2, -0.15) is 11.8 Å². The molecule has 0 fully saturated rings. The minimum Gasteiger partial charge on any atom is -0.312 e. The Bertz CT molecular complexity index is 521. The Labute approximate surface area is 120 Å². The number of hydrogen-bond acceptors (Lipinski definition) is 2. The van der Waals surface area contributed by atoms with Crippen molar-refractivity contribution in [2.24, 2.45) is 5.92 Å². The fraction of sp³-hybridized carbons (Fsp3) is 0.412. The normalized spacial score (nSPS) is 13.1. The maximum atomic E-state index is 3.44. The van der Waals surface area contributed by atoms with E-state index >= 15 is 0 Å². The van der Waals surface area contributed by atoms with E-state index in [9.17, 15) is 0 Å². The van der Waals surface area contributed by atoms with Crippen LogP contribution in [0.5, 0.6) is 0 Å². The van der Waals surface area contributed by atoms with Gasteiger partial charge in [0.15, 0.2) is 0 Å². The number of fused-ring (bicyclic) bond motifs is 1. The third-order valence-corrected chi connectivity index (χ3v) is 4.73. The number of rotatable bonds is 6. The van der Waals surface area contributed by atoms with Crippen LogP contribution in [0.4, 0.5) is 0 Å². The quantitative estimate of drug-likeness (QED) is 0.832. The van der Waals surface area contributed by atoms with Crippen LogP contribution in [0.15, 0.2) is 42.5 Å². The molecule has 0 spiro atoms. The molecular weight excluding hydrogens is 250 g/mol. The van der Waals surface area contributed by atoms with Crippen LogP contribution in [-0.4, -0.2) is 18.6 Å². The van der Waals surface area contributed by atoms with Gasteiger partial charge >= 0.3 is 0 Å². The van der Waals surface area contributed by atoms with Gasteiger partial charge in [0.1, 0.15) is 0 Å². The zero-order chi connectivity index (χ0) is 13.7. The van der Waals surface area contributed by atoms with Crippen LogP contribution in [-0.2, 0) is 0 Å². The van der Waals surface area contributed by atoms with Gasteiger partial charge in [0.05, 0.1) is 0 Å². The lowest BCUT2D eigenvalue weighted by molar-refractivity contribution is 0.660. The summed E-state index contributed by atoms with van der Waals surface area (Å²) in [7, 11) is 2.05. The minimum absolute atomic E-state index is 0.438.